The highest BCUT2D eigenvalue weighted by atomic mass is 15.1. The van der Waals surface area contributed by atoms with Crippen molar-refractivity contribution in [3.8, 4) is 33.4 Å². The van der Waals surface area contributed by atoms with Crippen LogP contribution in [0.4, 0.5) is 11.4 Å². The van der Waals surface area contributed by atoms with Crippen molar-refractivity contribution in [2.24, 2.45) is 0 Å². The van der Waals surface area contributed by atoms with E-state index in [0.717, 1.165) is 30.8 Å². The molecule has 1 unspecified atom stereocenters. The van der Waals surface area contributed by atoms with E-state index in [-0.39, 0.29) is 5.41 Å². The number of nitrogens with two attached hydrogens (primary N) is 1. The zero-order valence-corrected chi connectivity index (χ0v) is 28.8. The van der Waals surface area contributed by atoms with Crippen LogP contribution >= 0.6 is 0 Å². The van der Waals surface area contributed by atoms with Crippen LogP contribution in [0.3, 0.4) is 0 Å². The molecule has 7 aromatic carbocycles. The molecule has 0 aliphatic heterocycles. The van der Waals surface area contributed by atoms with Gasteiger partial charge in [-0.05, 0) is 91.5 Å². The molecule has 0 fully saturated rings. The average Bonchev–Trinajstić information content (AvgIpc) is 3.17. The molecule has 0 spiro atoms. The van der Waals surface area contributed by atoms with E-state index in [1.165, 1.54) is 66.2 Å². The monoisotopic (exact) mass is 646 g/mol. The fraction of sp³-hybridized carbons (Fsp3) is 0.125. The molecular weight excluding hydrogens is 605 g/mol. The maximum Gasteiger partial charge on any atom is 0.0644 e. The zero-order valence-electron chi connectivity index (χ0n) is 28.8. The van der Waals surface area contributed by atoms with E-state index >= 15 is 0 Å². The number of anilines is 2. The summed E-state index contributed by atoms with van der Waals surface area (Å²) in [7, 11) is 0. The van der Waals surface area contributed by atoms with Gasteiger partial charge in [0.15, 0.2) is 0 Å². The molecule has 2 heteroatoms. The number of fused-ring (bicyclic) bond motifs is 2. The van der Waals surface area contributed by atoms with Gasteiger partial charge < -0.3 is 10.6 Å². The minimum absolute atomic E-state index is 0.200. The molecule has 0 bridgehead atoms. The van der Waals surface area contributed by atoms with Crippen LogP contribution in [0.15, 0.2) is 176 Å². The van der Waals surface area contributed by atoms with Crippen molar-refractivity contribution in [2.45, 2.75) is 32.1 Å². The third kappa shape index (κ3) is 5.57. The Morgan fingerprint density at radius 2 is 1.12 bits per heavy atom. The minimum atomic E-state index is -0.200. The van der Waals surface area contributed by atoms with E-state index in [1.54, 1.807) is 0 Å². The molecule has 8 rings (SSSR count). The van der Waals surface area contributed by atoms with Crippen LogP contribution in [-0.2, 0) is 5.41 Å². The number of hydrogen-bond donors (Lipinski definition) is 1. The third-order valence-electron chi connectivity index (χ3n) is 10.3. The van der Waals surface area contributed by atoms with Crippen molar-refractivity contribution >= 4 is 32.9 Å². The molecule has 0 saturated carbocycles. The lowest BCUT2D eigenvalue weighted by atomic mass is 9.71. The molecule has 0 heterocycles. The number of allylic oxidation sites excluding steroid dienone is 3. The van der Waals surface area contributed by atoms with Crippen molar-refractivity contribution in [3.05, 3.63) is 181 Å². The smallest absolute Gasteiger partial charge is 0.0644 e. The van der Waals surface area contributed by atoms with Crippen molar-refractivity contribution in [1.29, 1.82) is 0 Å². The van der Waals surface area contributed by atoms with Gasteiger partial charge in [0.2, 0.25) is 0 Å². The number of nitrogen functional groups attached to an aromatic ring is 1. The van der Waals surface area contributed by atoms with Gasteiger partial charge in [0.1, 0.15) is 0 Å². The summed E-state index contributed by atoms with van der Waals surface area (Å²) >= 11 is 0. The summed E-state index contributed by atoms with van der Waals surface area (Å²) in [4.78, 5) is 2.37. The summed E-state index contributed by atoms with van der Waals surface area (Å²) < 4.78 is 0. The summed E-state index contributed by atoms with van der Waals surface area (Å²) in [6.45, 7) is 5.53. The third-order valence-corrected chi connectivity index (χ3v) is 10.3. The number of para-hydroxylation sites is 2. The molecule has 1 aliphatic rings. The van der Waals surface area contributed by atoms with Crippen LogP contribution < -0.4 is 10.6 Å². The van der Waals surface area contributed by atoms with Crippen LogP contribution in [0.1, 0.15) is 32.3 Å². The quantitative estimate of drug-likeness (QED) is 0.131. The Morgan fingerprint density at radius 3 is 1.74 bits per heavy atom. The topological polar surface area (TPSA) is 29.3 Å². The van der Waals surface area contributed by atoms with E-state index < -0.39 is 0 Å². The van der Waals surface area contributed by atoms with Crippen molar-refractivity contribution in [3.63, 3.8) is 0 Å². The van der Waals surface area contributed by atoms with Gasteiger partial charge in [0.05, 0.1) is 11.4 Å². The van der Waals surface area contributed by atoms with Gasteiger partial charge in [-0.3, -0.25) is 0 Å². The molecule has 0 radical (unpaired) electrons. The molecule has 7 aromatic rings. The highest BCUT2D eigenvalue weighted by Crippen LogP contribution is 2.48. The predicted molar refractivity (Wildman–Crippen MR) is 215 cm³/mol. The molecule has 2 N–H and O–H groups in total. The highest BCUT2D eigenvalue weighted by Gasteiger charge is 2.31. The van der Waals surface area contributed by atoms with E-state index in [1.807, 2.05) is 12.1 Å². The molecule has 0 aromatic heterocycles. The van der Waals surface area contributed by atoms with Crippen molar-refractivity contribution < 1.29 is 0 Å². The van der Waals surface area contributed by atoms with Gasteiger partial charge in [-0.15, -0.1) is 0 Å². The first-order valence-corrected chi connectivity index (χ1v) is 17.8. The number of rotatable bonds is 8. The molecule has 0 saturated heterocycles. The molecule has 2 nitrogen and oxygen atoms in total. The number of nitrogens with zero attached hydrogens (tertiary/aromatic N) is 1. The largest absolute Gasteiger partial charge is 0.397 e. The normalized spacial score (nSPS) is 15.7. The van der Waals surface area contributed by atoms with E-state index in [2.05, 4.69) is 177 Å². The number of benzene rings is 7. The van der Waals surface area contributed by atoms with E-state index in [0.29, 0.717) is 0 Å². The fourth-order valence-corrected chi connectivity index (χ4v) is 7.91. The van der Waals surface area contributed by atoms with Gasteiger partial charge in [-0.25, -0.2) is 0 Å². The summed E-state index contributed by atoms with van der Waals surface area (Å²) in [5.74, 6) is 0. The van der Waals surface area contributed by atoms with Gasteiger partial charge in [-0.1, -0.05) is 166 Å². The Morgan fingerprint density at radius 1 is 0.580 bits per heavy atom. The molecular formula is C48H42N2. The van der Waals surface area contributed by atoms with Crippen LogP contribution in [0.5, 0.6) is 0 Å². The first-order valence-electron chi connectivity index (χ1n) is 17.8. The Kier molecular flexibility index (Phi) is 8.30. The molecule has 0 amide bonds. The van der Waals surface area contributed by atoms with Gasteiger partial charge in [0, 0.05) is 17.7 Å². The van der Waals surface area contributed by atoms with Crippen LogP contribution in [0.2, 0.25) is 0 Å². The Hall–Kier alpha value is -5.86. The average molecular weight is 647 g/mol. The first-order chi connectivity index (χ1) is 24.6. The minimum Gasteiger partial charge on any atom is -0.397 e. The molecule has 1 atom stereocenters. The predicted octanol–water partition coefficient (Wildman–Crippen LogP) is 12.6. The Labute approximate surface area is 295 Å². The fourth-order valence-electron chi connectivity index (χ4n) is 7.91. The molecule has 50 heavy (non-hydrogen) atoms. The van der Waals surface area contributed by atoms with Crippen LogP contribution in [-0.4, -0.2) is 6.54 Å². The maximum absolute atomic E-state index is 6.47. The van der Waals surface area contributed by atoms with Crippen LogP contribution in [0, 0.1) is 0 Å². The van der Waals surface area contributed by atoms with Crippen molar-refractivity contribution in [1.82, 2.24) is 0 Å². The lowest BCUT2D eigenvalue weighted by Crippen LogP contribution is -2.28. The lowest BCUT2D eigenvalue weighted by Gasteiger charge is -2.35. The van der Waals surface area contributed by atoms with E-state index in [4.69, 9.17) is 5.73 Å². The Balaban J connectivity index is 1.26. The summed E-state index contributed by atoms with van der Waals surface area (Å²) in [5, 5.41) is 5.17. The zero-order chi connectivity index (χ0) is 34.1. The molecule has 244 valence electrons. The van der Waals surface area contributed by atoms with E-state index in [9.17, 15) is 0 Å². The molecule has 1 aliphatic carbocycles. The van der Waals surface area contributed by atoms with Crippen LogP contribution in [0.25, 0.3) is 54.9 Å². The summed E-state index contributed by atoms with van der Waals surface area (Å²) in [6.07, 6.45) is 9.08. The summed E-state index contributed by atoms with van der Waals surface area (Å²) in [5.41, 5.74) is 18.2. The SMILES string of the molecule is CCCN(C1=CCC(C)(c2c3ccccc3c(-c3ccccc3-c3ccc(-c4ccccc4)cc3)c3ccccc23)C=C1)c1ccccc1N. The summed E-state index contributed by atoms with van der Waals surface area (Å²) in [6, 6.07) is 54.7. The standard InChI is InChI=1S/C48H42N2/c1-3-33-50(45-24-14-13-23-44(45)49)37-29-31-48(2,32-30-37)47-42-21-11-9-19-40(42)46(41-20-10-12-22-43(41)47)39-18-8-7-17-38(39)36-27-25-35(26-28-36)34-15-5-4-6-16-34/h4-31H,3,32-33,49H2,1-2H3. The second-order valence-corrected chi connectivity index (χ2v) is 13.6. The van der Waals surface area contributed by atoms with Gasteiger partial charge >= 0.3 is 0 Å². The van der Waals surface area contributed by atoms with Gasteiger partial charge in [-0.2, -0.15) is 0 Å². The Bertz CT molecular complexity index is 2330. The van der Waals surface area contributed by atoms with Gasteiger partial charge in [0.25, 0.3) is 0 Å². The highest BCUT2D eigenvalue weighted by molar-refractivity contribution is 6.17. The lowest BCUT2D eigenvalue weighted by molar-refractivity contribution is 0.603. The second kappa shape index (κ2) is 13.2. The second-order valence-electron chi connectivity index (χ2n) is 13.6. The number of hydrogen-bond acceptors (Lipinski definition) is 2. The maximum atomic E-state index is 6.47. The van der Waals surface area contributed by atoms with Crippen molar-refractivity contribution in [2.75, 3.05) is 17.2 Å². The first kappa shape index (κ1) is 31.4.